The zero-order valence-corrected chi connectivity index (χ0v) is 11.9. The maximum absolute atomic E-state index is 11.1. The van der Waals surface area contributed by atoms with E-state index >= 15 is 0 Å². The SMILES string of the molecule is CCN(c1ncc(Br)cc1[N+](=O)[O-])C1CCCC1. The third kappa shape index (κ3) is 2.63. The molecule has 1 saturated carbocycles. The lowest BCUT2D eigenvalue weighted by Crippen LogP contribution is -2.34. The normalized spacial score (nSPS) is 15.9. The molecule has 1 heterocycles. The summed E-state index contributed by atoms with van der Waals surface area (Å²) >= 11 is 3.23. The van der Waals surface area contributed by atoms with Crippen molar-refractivity contribution in [1.29, 1.82) is 0 Å². The molecule has 0 N–H and O–H groups in total. The number of hydrogen-bond acceptors (Lipinski definition) is 4. The Labute approximate surface area is 114 Å². The number of halogens is 1. The van der Waals surface area contributed by atoms with Crippen molar-refractivity contribution in [3.8, 4) is 0 Å². The van der Waals surface area contributed by atoms with Crippen LogP contribution in [0.25, 0.3) is 0 Å². The van der Waals surface area contributed by atoms with Gasteiger partial charge < -0.3 is 4.90 Å². The minimum Gasteiger partial charge on any atom is -0.348 e. The van der Waals surface area contributed by atoms with Gasteiger partial charge in [-0.1, -0.05) is 12.8 Å². The Hall–Kier alpha value is -1.17. The summed E-state index contributed by atoms with van der Waals surface area (Å²) in [7, 11) is 0. The molecule has 0 radical (unpaired) electrons. The predicted octanol–water partition coefficient (Wildman–Crippen LogP) is 3.52. The molecule has 0 spiro atoms. The number of rotatable bonds is 4. The largest absolute Gasteiger partial charge is 0.348 e. The first-order valence-electron chi connectivity index (χ1n) is 6.20. The van der Waals surface area contributed by atoms with Crippen LogP contribution in [0, 0.1) is 10.1 Å². The van der Waals surface area contributed by atoms with Gasteiger partial charge in [0.15, 0.2) is 0 Å². The van der Waals surface area contributed by atoms with Crippen molar-refractivity contribution in [3.63, 3.8) is 0 Å². The van der Waals surface area contributed by atoms with E-state index < -0.39 is 0 Å². The van der Waals surface area contributed by atoms with Crippen molar-refractivity contribution < 1.29 is 4.92 Å². The molecule has 1 fully saturated rings. The fourth-order valence-electron chi connectivity index (χ4n) is 2.57. The number of anilines is 1. The summed E-state index contributed by atoms with van der Waals surface area (Å²) in [5, 5.41) is 11.1. The van der Waals surface area contributed by atoms with Crippen LogP contribution in [-0.2, 0) is 0 Å². The highest BCUT2D eigenvalue weighted by molar-refractivity contribution is 9.10. The average Bonchev–Trinajstić information content (AvgIpc) is 2.85. The third-order valence-corrected chi connectivity index (χ3v) is 3.82. The molecule has 0 saturated heterocycles. The molecule has 2 rings (SSSR count). The minimum absolute atomic E-state index is 0.0816. The number of nitrogens with zero attached hydrogens (tertiary/aromatic N) is 3. The van der Waals surface area contributed by atoms with Crippen LogP contribution in [0.5, 0.6) is 0 Å². The van der Waals surface area contributed by atoms with E-state index in [2.05, 4.69) is 25.8 Å². The molecular weight excluding hydrogens is 298 g/mol. The fraction of sp³-hybridized carbons (Fsp3) is 0.583. The van der Waals surface area contributed by atoms with E-state index in [1.165, 1.54) is 18.9 Å². The first-order chi connectivity index (χ1) is 8.63. The molecule has 5 nitrogen and oxygen atoms in total. The second kappa shape index (κ2) is 5.65. The monoisotopic (exact) mass is 313 g/mol. The van der Waals surface area contributed by atoms with Gasteiger partial charge in [0.1, 0.15) is 0 Å². The minimum atomic E-state index is -0.356. The predicted molar refractivity (Wildman–Crippen MR) is 73.9 cm³/mol. The molecule has 0 bridgehead atoms. The smallest absolute Gasteiger partial charge is 0.312 e. The lowest BCUT2D eigenvalue weighted by atomic mass is 10.2. The van der Waals surface area contributed by atoms with Gasteiger partial charge in [-0.15, -0.1) is 0 Å². The summed E-state index contributed by atoms with van der Waals surface area (Å²) in [5.41, 5.74) is 0.0816. The van der Waals surface area contributed by atoms with Gasteiger partial charge >= 0.3 is 5.69 Å². The Morgan fingerprint density at radius 2 is 2.22 bits per heavy atom. The second-order valence-corrected chi connectivity index (χ2v) is 5.39. The van der Waals surface area contributed by atoms with E-state index in [1.807, 2.05) is 6.92 Å². The van der Waals surface area contributed by atoms with E-state index in [0.29, 0.717) is 16.3 Å². The lowest BCUT2D eigenvalue weighted by molar-refractivity contribution is -0.384. The van der Waals surface area contributed by atoms with Gasteiger partial charge in [-0.2, -0.15) is 0 Å². The average molecular weight is 314 g/mol. The van der Waals surface area contributed by atoms with E-state index in [0.717, 1.165) is 19.4 Å². The molecule has 1 aliphatic rings. The molecular formula is C12H16BrN3O2. The number of hydrogen-bond donors (Lipinski definition) is 0. The van der Waals surface area contributed by atoms with Crippen molar-refractivity contribution in [2.45, 2.75) is 38.6 Å². The highest BCUT2D eigenvalue weighted by Gasteiger charge is 2.28. The van der Waals surface area contributed by atoms with Crippen molar-refractivity contribution >= 4 is 27.4 Å². The van der Waals surface area contributed by atoms with Crippen LogP contribution in [-0.4, -0.2) is 22.5 Å². The summed E-state index contributed by atoms with van der Waals surface area (Å²) in [5.74, 6) is 0.498. The van der Waals surface area contributed by atoms with Crippen LogP contribution in [0.3, 0.4) is 0 Å². The number of aromatic nitrogens is 1. The van der Waals surface area contributed by atoms with E-state index in [9.17, 15) is 10.1 Å². The van der Waals surface area contributed by atoms with Crippen molar-refractivity contribution in [3.05, 3.63) is 26.9 Å². The van der Waals surface area contributed by atoms with Crippen molar-refractivity contribution in [2.75, 3.05) is 11.4 Å². The molecule has 0 atom stereocenters. The van der Waals surface area contributed by atoms with Gasteiger partial charge in [0.05, 0.1) is 4.92 Å². The van der Waals surface area contributed by atoms with E-state index in [4.69, 9.17) is 0 Å². The fourth-order valence-corrected chi connectivity index (χ4v) is 2.89. The topological polar surface area (TPSA) is 59.3 Å². The quantitative estimate of drug-likeness (QED) is 0.630. The molecule has 0 aromatic carbocycles. The van der Waals surface area contributed by atoms with Gasteiger partial charge in [-0.25, -0.2) is 4.98 Å². The van der Waals surface area contributed by atoms with Crippen molar-refractivity contribution in [2.24, 2.45) is 0 Å². The molecule has 1 aromatic rings. The summed E-state index contributed by atoms with van der Waals surface area (Å²) in [4.78, 5) is 17.1. The molecule has 6 heteroatoms. The zero-order valence-electron chi connectivity index (χ0n) is 10.3. The van der Waals surface area contributed by atoms with Crippen LogP contribution in [0.1, 0.15) is 32.6 Å². The van der Waals surface area contributed by atoms with Crippen LogP contribution >= 0.6 is 15.9 Å². The van der Waals surface area contributed by atoms with Crippen LogP contribution < -0.4 is 4.90 Å². The highest BCUT2D eigenvalue weighted by Crippen LogP contribution is 2.33. The lowest BCUT2D eigenvalue weighted by Gasteiger charge is -2.28. The van der Waals surface area contributed by atoms with E-state index in [1.54, 1.807) is 6.20 Å². The summed E-state index contributed by atoms with van der Waals surface area (Å²) in [6.45, 7) is 2.77. The molecule has 0 aliphatic heterocycles. The maximum Gasteiger partial charge on any atom is 0.312 e. The Balaban J connectivity index is 2.37. The summed E-state index contributed by atoms with van der Waals surface area (Å²) in [6.07, 6.45) is 6.22. The van der Waals surface area contributed by atoms with Gasteiger partial charge in [0.2, 0.25) is 5.82 Å². The standard InChI is InChI=1S/C12H16BrN3O2/c1-2-15(10-5-3-4-6-10)12-11(16(17)18)7-9(13)8-14-12/h7-8,10H,2-6H2,1H3. The molecule has 1 aromatic heterocycles. The molecule has 18 heavy (non-hydrogen) atoms. The molecule has 0 amide bonds. The highest BCUT2D eigenvalue weighted by atomic mass is 79.9. The van der Waals surface area contributed by atoms with Gasteiger partial charge in [0, 0.05) is 29.3 Å². The first-order valence-corrected chi connectivity index (χ1v) is 6.99. The molecule has 0 unspecified atom stereocenters. The number of pyridine rings is 1. The zero-order chi connectivity index (χ0) is 13.1. The van der Waals surface area contributed by atoms with Gasteiger partial charge in [-0.05, 0) is 35.7 Å². The Bertz CT molecular complexity index is 447. The van der Waals surface area contributed by atoms with E-state index in [-0.39, 0.29) is 10.6 Å². The maximum atomic E-state index is 11.1. The second-order valence-electron chi connectivity index (χ2n) is 4.48. The molecule has 98 valence electrons. The number of nitro groups is 1. The van der Waals surface area contributed by atoms with Crippen LogP contribution in [0.2, 0.25) is 0 Å². The Morgan fingerprint density at radius 1 is 1.56 bits per heavy atom. The van der Waals surface area contributed by atoms with Crippen molar-refractivity contribution in [1.82, 2.24) is 4.98 Å². The van der Waals surface area contributed by atoms with Crippen LogP contribution in [0.4, 0.5) is 11.5 Å². The van der Waals surface area contributed by atoms with Gasteiger partial charge in [0.25, 0.3) is 0 Å². The Morgan fingerprint density at radius 3 is 2.78 bits per heavy atom. The van der Waals surface area contributed by atoms with Gasteiger partial charge in [-0.3, -0.25) is 10.1 Å². The summed E-state index contributed by atoms with van der Waals surface area (Å²) in [6, 6.07) is 1.92. The summed E-state index contributed by atoms with van der Waals surface area (Å²) < 4.78 is 0.639. The molecule has 1 aliphatic carbocycles. The van der Waals surface area contributed by atoms with Crippen LogP contribution in [0.15, 0.2) is 16.7 Å². The first kappa shape index (κ1) is 13.3. The Kier molecular flexibility index (Phi) is 4.16. The third-order valence-electron chi connectivity index (χ3n) is 3.39.